The van der Waals surface area contributed by atoms with Gasteiger partial charge in [-0.1, -0.05) is 0 Å². The van der Waals surface area contributed by atoms with Gasteiger partial charge >= 0.3 is 19.5 Å². The molecule has 1 saturated carbocycles. The predicted octanol–water partition coefficient (Wildman–Crippen LogP) is 3.67. The normalized spacial score (nSPS) is 15.3. The van der Waals surface area contributed by atoms with Crippen LogP contribution in [-0.4, -0.2) is 63.5 Å². The van der Waals surface area contributed by atoms with Crippen LogP contribution in [0.2, 0.25) is 0 Å². The maximum Gasteiger partial charge on any atom is 0.361 e. The molecule has 0 radical (unpaired) electrons. The number of aromatic nitrogens is 4. The first-order valence-corrected chi connectivity index (χ1v) is 14.4. The molecule has 0 atom stereocenters. The van der Waals surface area contributed by atoms with E-state index in [9.17, 15) is 14.2 Å². The number of nitrogen functional groups attached to an aromatic ring is 1. The molecule has 2 aromatic rings. The van der Waals surface area contributed by atoms with E-state index in [1.165, 1.54) is 0 Å². The minimum atomic E-state index is -4.01. The summed E-state index contributed by atoms with van der Waals surface area (Å²) >= 11 is 0. The van der Waals surface area contributed by atoms with Crippen LogP contribution >= 0.6 is 7.60 Å². The average Bonchev–Trinajstić information content (AvgIpc) is 3.48. The van der Waals surface area contributed by atoms with Gasteiger partial charge in [-0.2, -0.15) is 9.97 Å². The number of carbonyl (C=O) groups excluding carboxylic acids is 2. The summed E-state index contributed by atoms with van der Waals surface area (Å²) in [5, 5.41) is 3.12. The Balaban J connectivity index is 1.69. The highest BCUT2D eigenvalue weighted by atomic mass is 31.2. The zero-order valence-corrected chi connectivity index (χ0v) is 24.5. The van der Waals surface area contributed by atoms with Crippen LogP contribution in [-0.2, 0) is 44.0 Å². The van der Waals surface area contributed by atoms with Gasteiger partial charge in [-0.3, -0.25) is 23.2 Å². The van der Waals surface area contributed by atoms with Gasteiger partial charge in [0.05, 0.1) is 29.3 Å². The highest BCUT2D eigenvalue weighted by Gasteiger charge is 2.47. The number of rotatable bonds is 13. The van der Waals surface area contributed by atoms with Crippen molar-refractivity contribution in [2.75, 3.05) is 37.5 Å². The molecule has 0 aliphatic heterocycles. The van der Waals surface area contributed by atoms with E-state index in [0.717, 1.165) is 0 Å². The molecule has 15 heteroatoms. The van der Waals surface area contributed by atoms with E-state index in [1.807, 2.05) is 6.92 Å². The fourth-order valence-electron chi connectivity index (χ4n) is 3.25. The maximum absolute atomic E-state index is 13.5. The van der Waals surface area contributed by atoms with Gasteiger partial charge in [-0.15, -0.1) is 0 Å². The predicted molar refractivity (Wildman–Crippen MR) is 142 cm³/mol. The number of nitrogens with zero attached hydrogens (tertiary/aromatic N) is 4. The molecule has 3 N–H and O–H groups in total. The Morgan fingerprint density at radius 1 is 1.05 bits per heavy atom. The highest BCUT2D eigenvalue weighted by Crippen LogP contribution is 2.52. The fraction of sp³-hybridized carbons (Fsp3) is 0.708. The van der Waals surface area contributed by atoms with Gasteiger partial charge in [0, 0.05) is 6.54 Å². The van der Waals surface area contributed by atoms with Crippen LogP contribution in [0.4, 0.5) is 11.8 Å². The molecule has 0 aromatic carbocycles. The van der Waals surface area contributed by atoms with Gasteiger partial charge in [-0.05, 0) is 61.3 Å². The molecular formula is C24H39N6O8P. The average molecular weight is 571 g/mol. The van der Waals surface area contributed by atoms with E-state index >= 15 is 0 Å². The monoisotopic (exact) mass is 570 g/mol. The molecule has 39 heavy (non-hydrogen) atoms. The summed E-state index contributed by atoms with van der Waals surface area (Å²) in [7, 11) is -4.01. The minimum absolute atomic E-state index is 0.104. The minimum Gasteiger partial charge on any atom is -0.438 e. The van der Waals surface area contributed by atoms with Crippen LogP contribution in [0, 0.1) is 10.8 Å². The molecule has 1 aliphatic rings. The van der Waals surface area contributed by atoms with Crippen molar-refractivity contribution in [2.45, 2.75) is 73.5 Å². The van der Waals surface area contributed by atoms with Crippen molar-refractivity contribution in [3.05, 3.63) is 6.33 Å². The van der Waals surface area contributed by atoms with Crippen LogP contribution < -0.4 is 11.1 Å². The summed E-state index contributed by atoms with van der Waals surface area (Å²) < 4.78 is 42.2. The highest BCUT2D eigenvalue weighted by molar-refractivity contribution is 7.53. The number of ether oxygens (including phenoxy) is 3. The Morgan fingerprint density at radius 3 is 2.10 bits per heavy atom. The molecule has 2 heterocycles. The summed E-state index contributed by atoms with van der Waals surface area (Å²) in [6.07, 6.45) is 2.50. The van der Waals surface area contributed by atoms with Crippen LogP contribution in [0.5, 0.6) is 0 Å². The number of anilines is 2. The Labute approximate surface area is 227 Å². The lowest BCUT2D eigenvalue weighted by Gasteiger charge is -2.24. The zero-order chi connectivity index (χ0) is 29.1. The second-order valence-electron chi connectivity index (χ2n) is 11.4. The number of fused-ring (bicyclic) bond motifs is 1. The van der Waals surface area contributed by atoms with Crippen molar-refractivity contribution in [1.29, 1.82) is 0 Å². The fourth-order valence-corrected chi connectivity index (χ4v) is 4.33. The van der Waals surface area contributed by atoms with Crippen molar-refractivity contribution in [2.24, 2.45) is 10.8 Å². The molecule has 0 amide bonds. The molecule has 1 aliphatic carbocycles. The number of carbonyl (C=O) groups is 2. The first kappa shape index (κ1) is 30.7. The summed E-state index contributed by atoms with van der Waals surface area (Å²) in [6, 6.07) is 0. The third-order valence-electron chi connectivity index (χ3n) is 5.72. The first-order valence-electron chi connectivity index (χ1n) is 12.7. The number of hydrogen-bond donors (Lipinski definition) is 2. The van der Waals surface area contributed by atoms with Crippen LogP contribution in [0.15, 0.2) is 6.33 Å². The van der Waals surface area contributed by atoms with E-state index in [2.05, 4.69) is 20.3 Å². The van der Waals surface area contributed by atoms with Gasteiger partial charge in [-0.25, -0.2) is 4.98 Å². The third kappa shape index (κ3) is 8.34. The second kappa shape index (κ2) is 11.7. The molecule has 3 rings (SSSR count). The lowest BCUT2D eigenvalue weighted by atomic mass is 9.98. The van der Waals surface area contributed by atoms with Crippen molar-refractivity contribution < 1.29 is 37.4 Å². The van der Waals surface area contributed by atoms with Crippen molar-refractivity contribution in [3.63, 3.8) is 0 Å². The Morgan fingerprint density at radius 2 is 1.62 bits per heavy atom. The van der Waals surface area contributed by atoms with Crippen molar-refractivity contribution in [3.8, 4) is 0 Å². The van der Waals surface area contributed by atoms with Crippen LogP contribution in [0.3, 0.4) is 0 Å². The number of nitrogens with one attached hydrogen (secondary N) is 1. The molecule has 0 saturated heterocycles. The van der Waals surface area contributed by atoms with Crippen LogP contribution in [0.25, 0.3) is 11.2 Å². The van der Waals surface area contributed by atoms with Gasteiger partial charge in [0.2, 0.25) is 19.5 Å². The summed E-state index contributed by atoms with van der Waals surface area (Å²) in [5.74, 6) is -0.451. The van der Waals surface area contributed by atoms with Gasteiger partial charge in [0.25, 0.3) is 0 Å². The number of nitrogens with two attached hydrogens (primary N) is 1. The summed E-state index contributed by atoms with van der Waals surface area (Å²) in [6.45, 7) is 11.7. The molecular weight excluding hydrogens is 531 g/mol. The number of esters is 2. The number of imidazole rings is 1. The zero-order valence-electron chi connectivity index (χ0n) is 23.6. The summed E-state index contributed by atoms with van der Waals surface area (Å²) in [5.41, 5.74) is 4.75. The Bertz CT molecular complexity index is 1200. The largest absolute Gasteiger partial charge is 0.438 e. The van der Waals surface area contributed by atoms with Crippen molar-refractivity contribution >= 4 is 42.5 Å². The van der Waals surface area contributed by atoms with Gasteiger partial charge < -0.3 is 29.8 Å². The van der Waals surface area contributed by atoms with E-state index in [-0.39, 0.29) is 5.95 Å². The SMILES string of the molecule is CCNc1nc(N)nc2c1ncn2CC1(OCP(=O)(OCOC(=O)C(C)(C)C)OCOC(=O)C(C)(C)C)CC1. The Kier molecular flexibility index (Phi) is 9.26. The molecule has 14 nitrogen and oxygen atoms in total. The lowest BCUT2D eigenvalue weighted by molar-refractivity contribution is -0.162. The quantitative estimate of drug-likeness (QED) is 0.203. The molecule has 0 spiro atoms. The smallest absolute Gasteiger partial charge is 0.361 e. The van der Waals surface area contributed by atoms with Crippen molar-refractivity contribution in [1.82, 2.24) is 19.5 Å². The second-order valence-corrected chi connectivity index (χ2v) is 13.4. The topological polar surface area (TPSA) is 179 Å². The number of hydrogen-bond acceptors (Lipinski definition) is 13. The van der Waals surface area contributed by atoms with E-state index in [1.54, 1.807) is 52.4 Å². The van der Waals surface area contributed by atoms with Gasteiger partial charge in [0.1, 0.15) is 6.35 Å². The van der Waals surface area contributed by atoms with Gasteiger partial charge in [0.15, 0.2) is 17.0 Å². The lowest BCUT2D eigenvalue weighted by Crippen LogP contribution is -2.26. The molecule has 0 bridgehead atoms. The third-order valence-corrected chi connectivity index (χ3v) is 7.17. The van der Waals surface area contributed by atoms with Crippen LogP contribution in [0.1, 0.15) is 61.3 Å². The van der Waals surface area contributed by atoms with E-state index in [4.69, 9.17) is 29.0 Å². The summed E-state index contributed by atoms with van der Waals surface area (Å²) in [4.78, 5) is 37.1. The van der Waals surface area contributed by atoms with E-state index in [0.29, 0.717) is 42.9 Å². The standard InChI is InChI=1S/C24H39N6O8P/c1-8-26-17-16-18(29-21(25)28-17)30(12-27-16)11-24(9-10-24)36-15-39(33,37-13-34-19(31)22(2,3)4)38-14-35-20(32)23(5,6)7/h12H,8-11,13-15H2,1-7H3,(H3,25,26,28,29). The molecule has 0 unspecified atom stereocenters. The molecule has 2 aromatic heterocycles. The van der Waals surface area contributed by atoms with E-state index < -0.39 is 55.9 Å². The maximum atomic E-state index is 13.5. The Hall–Kier alpha value is -2.80. The molecule has 218 valence electrons. The first-order chi connectivity index (χ1) is 18.1. The molecule has 1 fully saturated rings.